The molecule has 0 radical (unpaired) electrons. The molecule has 1 aromatic heterocycles. The molecule has 0 amide bonds. The molecule has 60 valence electrons. The second kappa shape index (κ2) is 3.18. The van der Waals surface area contributed by atoms with Crippen molar-refractivity contribution >= 4 is 5.97 Å². The van der Waals surface area contributed by atoms with Crippen LogP contribution in [0.5, 0.6) is 0 Å². The molecule has 0 spiro atoms. The lowest BCUT2D eigenvalue weighted by atomic mass is 10.1. The summed E-state index contributed by atoms with van der Waals surface area (Å²) in [6.45, 7) is -0.530. The van der Waals surface area contributed by atoms with Crippen molar-refractivity contribution in [3.8, 4) is 0 Å². The molecule has 1 heterocycles. The van der Waals surface area contributed by atoms with E-state index in [0.717, 1.165) is 0 Å². The van der Waals surface area contributed by atoms with Crippen molar-refractivity contribution in [1.29, 1.82) is 0 Å². The average molecular weight is 157 g/mol. The lowest BCUT2D eigenvalue weighted by molar-refractivity contribution is 0.0696. The quantitative estimate of drug-likeness (QED) is 0.693. The van der Waals surface area contributed by atoms with Crippen LogP contribution in [-0.2, 0) is 6.42 Å². The third-order valence-electron chi connectivity index (χ3n) is 1.43. The molecule has 1 rings (SSSR count). The van der Waals surface area contributed by atoms with Crippen molar-refractivity contribution in [1.82, 2.24) is 4.98 Å². The molecular weight excluding hydrogens is 149 g/mol. The normalized spacial score (nSPS) is 9.91. The van der Waals surface area contributed by atoms with E-state index >= 15 is 0 Å². The number of hydrogen-bond donors (Lipinski definition) is 2. The van der Waals surface area contributed by atoms with Crippen molar-refractivity contribution in [2.24, 2.45) is 0 Å². The van der Waals surface area contributed by atoms with E-state index in [9.17, 15) is 9.18 Å². The van der Waals surface area contributed by atoms with Gasteiger partial charge in [0.25, 0.3) is 0 Å². The number of aromatic amines is 1. The molecule has 11 heavy (non-hydrogen) atoms. The van der Waals surface area contributed by atoms with Crippen molar-refractivity contribution in [2.75, 3.05) is 6.67 Å². The molecule has 0 fully saturated rings. The fraction of sp³-hybridized carbons (Fsp3) is 0.286. The minimum absolute atomic E-state index is 0.155. The highest BCUT2D eigenvalue weighted by Crippen LogP contribution is 2.08. The Morgan fingerprint density at radius 3 is 2.91 bits per heavy atom. The summed E-state index contributed by atoms with van der Waals surface area (Å²) in [6.07, 6.45) is 3.02. The molecule has 4 heteroatoms. The number of carbonyl (C=O) groups is 1. The van der Waals surface area contributed by atoms with Crippen LogP contribution in [-0.4, -0.2) is 22.7 Å². The summed E-state index contributed by atoms with van der Waals surface area (Å²) in [6, 6.07) is 0. The highest BCUT2D eigenvalue weighted by molar-refractivity contribution is 5.89. The second-order valence-corrected chi connectivity index (χ2v) is 2.14. The topological polar surface area (TPSA) is 53.1 Å². The monoisotopic (exact) mass is 157 g/mol. The Labute approximate surface area is 62.9 Å². The van der Waals surface area contributed by atoms with E-state index in [2.05, 4.69) is 4.98 Å². The van der Waals surface area contributed by atoms with E-state index in [4.69, 9.17) is 5.11 Å². The summed E-state index contributed by atoms with van der Waals surface area (Å²) >= 11 is 0. The van der Waals surface area contributed by atoms with E-state index < -0.39 is 12.6 Å². The molecule has 0 saturated heterocycles. The molecule has 0 atom stereocenters. The van der Waals surface area contributed by atoms with Crippen LogP contribution in [0.3, 0.4) is 0 Å². The molecule has 2 N–H and O–H groups in total. The van der Waals surface area contributed by atoms with Gasteiger partial charge in [0.1, 0.15) is 0 Å². The number of H-pyrrole nitrogens is 1. The Morgan fingerprint density at radius 1 is 1.64 bits per heavy atom. The fourth-order valence-electron chi connectivity index (χ4n) is 0.904. The van der Waals surface area contributed by atoms with Gasteiger partial charge < -0.3 is 10.1 Å². The molecule has 1 aromatic rings. The minimum atomic E-state index is -1.02. The predicted octanol–water partition coefficient (Wildman–Crippen LogP) is 1.22. The van der Waals surface area contributed by atoms with Gasteiger partial charge in [-0.3, -0.25) is 4.39 Å². The summed E-state index contributed by atoms with van der Waals surface area (Å²) in [4.78, 5) is 13.0. The first-order chi connectivity index (χ1) is 5.25. The molecule has 0 aliphatic rings. The Balaban J connectivity index is 2.87. The highest BCUT2D eigenvalue weighted by Gasteiger charge is 2.09. The zero-order valence-electron chi connectivity index (χ0n) is 5.80. The van der Waals surface area contributed by atoms with Crippen LogP contribution in [0.15, 0.2) is 12.4 Å². The van der Waals surface area contributed by atoms with Crippen molar-refractivity contribution in [3.63, 3.8) is 0 Å². The maximum atomic E-state index is 11.8. The number of aryl methyl sites for hydroxylation is 1. The Bertz CT molecular complexity index is 257. The van der Waals surface area contributed by atoms with E-state index in [0.29, 0.717) is 5.56 Å². The molecule has 3 nitrogen and oxygen atoms in total. The van der Waals surface area contributed by atoms with Gasteiger partial charge in [0.15, 0.2) is 0 Å². The number of alkyl halides is 1. The average Bonchev–Trinajstić information content (AvgIpc) is 2.36. The van der Waals surface area contributed by atoms with Gasteiger partial charge in [-0.05, 0) is 5.56 Å². The molecule has 0 unspecified atom stereocenters. The summed E-state index contributed by atoms with van der Waals surface area (Å²) in [5.41, 5.74) is 0.669. The number of carboxylic acids is 1. The van der Waals surface area contributed by atoms with Gasteiger partial charge in [-0.1, -0.05) is 0 Å². The van der Waals surface area contributed by atoms with Crippen LogP contribution in [0, 0.1) is 0 Å². The van der Waals surface area contributed by atoms with Gasteiger partial charge in [-0.15, -0.1) is 0 Å². The summed E-state index contributed by atoms with van der Waals surface area (Å²) in [7, 11) is 0. The van der Waals surface area contributed by atoms with E-state index in [1.54, 1.807) is 0 Å². The zero-order chi connectivity index (χ0) is 8.27. The SMILES string of the molecule is O=C(O)c1c[nH]cc1CCF. The molecule has 0 saturated carbocycles. The number of aromatic carboxylic acids is 1. The van der Waals surface area contributed by atoms with Crippen LogP contribution in [0.4, 0.5) is 4.39 Å². The van der Waals surface area contributed by atoms with Gasteiger partial charge in [0.2, 0.25) is 0 Å². The Kier molecular flexibility index (Phi) is 2.25. The van der Waals surface area contributed by atoms with E-state index in [-0.39, 0.29) is 12.0 Å². The van der Waals surface area contributed by atoms with Gasteiger partial charge in [-0.25, -0.2) is 4.79 Å². The van der Waals surface area contributed by atoms with Gasteiger partial charge in [0, 0.05) is 18.8 Å². The third kappa shape index (κ3) is 1.58. The molecule has 0 aromatic carbocycles. The molecule has 0 aliphatic heterocycles. The van der Waals surface area contributed by atoms with Crippen LogP contribution >= 0.6 is 0 Å². The number of rotatable bonds is 3. The fourth-order valence-corrected chi connectivity index (χ4v) is 0.904. The number of carboxylic acid groups (broad SMARTS) is 1. The van der Waals surface area contributed by atoms with Crippen molar-refractivity contribution in [3.05, 3.63) is 23.5 Å². The summed E-state index contributed by atoms with van der Waals surface area (Å²) in [5.74, 6) is -1.02. The van der Waals surface area contributed by atoms with Crippen LogP contribution < -0.4 is 0 Å². The van der Waals surface area contributed by atoms with Gasteiger partial charge in [-0.2, -0.15) is 0 Å². The lowest BCUT2D eigenvalue weighted by Crippen LogP contribution is -1.99. The highest BCUT2D eigenvalue weighted by atomic mass is 19.1. The third-order valence-corrected chi connectivity index (χ3v) is 1.43. The molecule has 0 bridgehead atoms. The van der Waals surface area contributed by atoms with Crippen molar-refractivity contribution < 1.29 is 14.3 Å². The van der Waals surface area contributed by atoms with E-state index in [1.165, 1.54) is 12.4 Å². The Hall–Kier alpha value is -1.32. The first kappa shape index (κ1) is 7.78. The summed E-state index contributed by atoms with van der Waals surface area (Å²) < 4.78 is 11.8. The Morgan fingerprint density at radius 2 is 2.36 bits per heavy atom. The van der Waals surface area contributed by atoms with Gasteiger partial charge in [0.05, 0.1) is 12.2 Å². The maximum Gasteiger partial charge on any atom is 0.337 e. The van der Waals surface area contributed by atoms with E-state index in [1.807, 2.05) is 0 Å². The second-order valence-electron chi connectivity index (χ2n) is 2.14. The largest absolute Gasteiger partial charge is 0.478 e. The van der Waals surface area contributed by atoms with Crippen LogP contribution in [0.1, 0.15) is 15.9 Å². The summed E-state index contributed by atoms with van der Waals surface area (Å²) in [5, 5.41) is 8.54. The predicted molar refractivity (Wildman–Crippen MR) is 37.4 cm³/mol. The van der Waals surface area contributed by atoms with Crippen LogP contribution in [0.25, 0.3) is 0 Å². The first-order valence-corrected chi connectivity index (χ1v) is 3.20. The number of aromatic nitrogens is 1. The first-order valence-electron chi connectivity index (χ1n) is 3.20. The number of halogens is 1. The zero-order valence-corrected chi connectivity index (χ0v) is 5.80. The van der Waals surface area contributed by atoms with Crippen LogP contribution in [0.2, 0.25) is 0 Å². The van der Waals surface area contributed by atoms with Gasteiger partial charge >= 0.3 is 5.97 Å². The smallest absolute Gasteiger partial charge is 0.337 e. The molecular formula is C7H8FNO2. The maximum absolute atomic E-state index is 11.8. The number of hydrogen-bond acceptors (Lipinski definition) is 1. The van der Waals surface area contributed by atoms with Crippen molar-refractivity contribution in [2.45, 2.75) is 6.42 Å². The lowest BCUT2D eigenvalue weighted by Gasteiger charge is -1.93. The number of nitrogens with one attached hydrogen (secondary N) is 1. The molecule has 0 aliphatic carbocycles. The standard InChI is InChI=1S/C7H8FNO2/c8-2-1-5-3-9-4-6(5)7(10)11/h3-4,9H,1-2H2,(H,10,11). The minimum Gasteiger partial charge on any atom is -0.478 e.